The fourth-order valence-corrected chi connectivity index (χ4v) is 2.26. The molecule has 0 spiro atoms. The summed E-state index contributed by atoms with van der Waals surface area (Å²) in [5.74, 6) is -1.23. The van der Waals surface area contributed by atoms with Crippen molar-refractivity contribution in [2.24, 2.45) is 0 Å². The van der Waals surface area contributed by atoms with Crippen molar-refractivity contribution >= 4 is 18.0 Å². The van der Waals surface area contributed by atoms with Crippen LogP contribution in [0.2, 0.25) is 0 Å². The number of nitriles is 1. The maximum Gasteiger partial charge on any atom is 0.349 e. The third-order valence-corrected chi connectivity index (χ3v) is 3.61. The zero-order valence-electron chi connectivity index (χ0n) is 13.6. The average Bonchev–Trinajstić information content (AvgIpc) is 3.11. The molecule has 1 amide bonds. The summed E-state index contributed by atoms with van der Waals surface area (Å²) in [5, 5.41) is 11.7. The summed E-state index contributed by atoms with van der Waals surface area (Å²) in [7, 11) is 0. The summed E-state index contributed by atoms with van der Waals surface area (Å²) in [5.41, 5.74) is 1.65. The first-order valence-corrected chi connectivity index (χ1v) is 7.82. The first kappa shape index (κ1) is 17.7. The van der Waals surface area contributed by atoms with Crippen LogP contribution in [0.3, 0.4) is 0 Å². The Kier molecular flexibility index (Phi) is 6.52. The van der Waals surface area contributed by atoms with Gasteiger partial charge in [-0.25, -0.2) is 4.79 Å². The van der Waals surface area contributed by atoms with Crippen LogP contribution in [-0.2, 0) is 19.1 Å². The second kappa shape index (κ2) is 8.85. The summed E-state index contributed by atoms with van der Waals surface area (Å²) in [6.45, 7) is 2.65. The minimum Gasteiger partial charge on any atom is -0.451 e. The standard InChI is InChI=1S/C18H20N2O4/c1-13-4-6-14(7-5-13)9-15(10-19)18(22)24-12-17(21)20-11-16-3-2-8-23-16/h4-7,9,16H,2-3,8,11-12H2,1H3,(H,20,21)/b15-9+/t16-/m0/s1. The Morgan fingerprint density at radius 3 is 2.79 bits per heavy atom. The van der Waals surface area contributed by atoms with Gasteiger partial charge in [0, 0.05) is 13.2 Å². The largest absolute Gasteiger partial charge is 0.451 e. The van der Waals surface area contributed by atoms with Gasteiger partial charge in [0.05, 0.1) is 6.10 Å². The third kappa shape index (κ3) is 5.52. The molecule has 0 radical (unpaired) electrons. The minimum absolute atomic E-state index is 0.0285. The van der Waals surface area contributed by atoms with E-state index in [1.54, 1.807) is 18.2 Å². The SMILES string of the molecule is Cc1ccc(/C=C(\C#N)C(=O)OCC(=O)NC[C@@H]2CCCO2)cc1. The number of rotatable bonds is 6. The van der Waals surface area contributed by atoms with Crippen LogP contribution in [0.15, 0.2) is 29.8 Å². The first-order valence-electron chi connectivity index (χ1n) is 7.82. The first-order chi connectivity index (χ1) is 11.6. The summed E-state index contributed by atoms with van der Waals surface area (Å²) >= 11 is 0. The molecule has 1 aliphatic rings. The Bertz CT molecular complexity index is 653. The lowest BCUT2D eigenvalue weighted by Crippen LogP contribution is -2.34. The Morgan fingerprint density at radius 1 is 1.42 bits per heavy atom. The van der Waals surface area contributed by atoms with Crippen molar-refractivity contribution in [3.8, 4) is 6.07 Å². The summed E-state index contributed by atoms with van der Waals surface area (Å²) in [6, 6.07) is 9.16. The predicted octanol–water partition coefficient (Wildman–Crippen LogP) is 1.74. The van der Waals surface area contributed by atoms with Gasteiger partial charge in [0.25, 0.3) is 5.91 Å². The lowest BCUT2D eigenvalue weighted by Gasteiger charge is -2.10. The van der Waals surface area contributed by atoms with Gasteiger partial charge in [-0.05, 0) is 31.4 Å². The fraction of sp³-hybridized carbons (Fsp3) is 0.389. The molecule has 126 valence electrons. The minimum atomic E-state index is -0.814. The van der Waals surface area contributed by atoms with E-state index in [9.17, 15) is 9.59 Å². The molecule has 1 fully saturated rings. The van der Waals surface area contributed by atoms with Crippen molar-refractivity contribution in [3.63, 3.8) is 0 Å². The highest BCUT2D eigenvalue weighted by atomic mass is 16.5. The second-order valence-electron chi connectivity index (χ2n) is 5.60. The monoisotopic (exact) mass is 328 g/mol. The molecule has 6 heteroatoms. The number of hydrogen-bond acceptors (Lipinski definition) is 5. The normalized spacial score (nSPS) is 17.2. The Labute approximate surface area is 141 Å². The van der Waals surface area contributed by atoms with Crippen molar-refractivity contribution in [1.82, 2.24) is 5.32 Å². The molecule has 1 aliphatic heterocycles. The number of ether oxygens (including phenoxy) is 2. The maximum absolute atomic E-state index is 11.9. The van der Waals surface area contributed by atoms with Crippen LogP contribution in [0.5, 0.6) is 0 Å². The molecule has 1 atom stereocenters. The number of aryl methyl sites for hydroxylation is 1. The van der Waals surface area contributed by atoms with Crippen LogP contribution in [0, 0.1) is 18.3 Å². The van der Waals surface area contributed by atoms with E-state index in [0.717, 1.165) is 24.0 Å². The number of carbonyl (C=O) groups is 2. The van der Waals surface area contributed by atoms with E-state index in [1.165, 1.54) is 6.08 Å². The molecule has 1 aromatic carbocycles. The fourth-order valence-electron chi connectivity index (χ4n) is 2.26. The zero-order valence-corrected chi connectivity index (χ0v) is 13.6. The van der Waals surface area contributed by atoms with E-state index in [2.05, 4.69) is 5.32 Å². The molecule has 0 aromatic heterocycles. The molecule has 1 heterocycles. The quantitative estimate of drug-likeness (QED) is 0.488. The van der Waals surface area contributed by atoms with Crippen molar-refractivity contribution in [2.75, 3.05) is 19.8 Å². The molecule has 0 unspecified atom stereocenters. The lowest BCUT2D eigenvalue weighted by molar-refractivity contribution is -0.144. The van der Waals surface area contributed by atoms with Crippen LogP contribution in [0.1, 0.15) is 24.0 Å². The van der Waals surface area contributed by atoms with E-state index in [1.807, 2.05) is 19.1 Å². The molecule has 0 bridgehead atoms. The van der Waals surface area contributed by atoms with Gasteiger partial charge in [-0.2, -0.15) is 5.26 Å². The molecule has 0 saturated carbocycles. The zero-order chi connectivity index (χ0) is 17.4. The highest BCUT2D eigenvalue weighted by Crippen LogP contribution is 2.11. The smallest absolute Gasteiger partial charge is 0.349 e. The van der Waals surface area contributed by atoms with E-state index in [-0.39, 0.29) is 11.7 Å². The summed E-state index contributed by atoms with van der Waals surface area (Å²) in [4.78, 5) is 23.6. The molecule has 1 aromatic rings. The van der Waals surface area contributed by atoms with Crippen molar-refractivity contribution in [3.05, 3.63) is 41.0 Å². The Hall–Kier alpha value is -2.65. The van der Waals surface area contributed by atoms with Gasteiger partial charge in [0.15, 0.2) is 6.61 Å². The van der Waals surface area contributed by atoms with Gasteiger partial charge in [-0.3, -0.25) is 4.79 Å². The Balaban J connectivity index is 1.82. The number of nitrogens with zero attached hydrogens (tertiary/aromatic N) is 1. The molecule has 1 saturated heterocycles. The second-order valence-corrected chi connectivity index (χ2v) is 5.60. The molecule has 1 N–H and O–H groups in total. The van der Waals surface area contributed by atoms with Crippen LogP contribution < -0.4 is 5.32 Å². The van der Waals surface area contributed by atoms with E-state index in [4.69, 9.17) is 14.7 Å². The predicted molar refractivity (Wildman–Crippen MR) is 87.7 cm³/mol. The van der Waals surface area contributed by atoms with Crippen LogP contribution >= 0.6 is 0 Å². The number of amides is 1. The number of benzene rings is 1. The van der Waals surface area contributed by atoms with E-state index < -0.39 is 18.5 Å². The lowest BCUT2D eigenvalue weighted by atomic mass is 10.1. The van der Waals surface area contributed by atoms with Gasteiger partial charge in [-0.15, -0.1) is 0 Å². The van der Waals surface area contributed by atoms with Crippen LogP contribution in [-0.4, -0.2) is 37.7 Å². The van der Waals surface area contributed by atoms with Gasteiger partial charge in [0.1, 0.15) is 11.6 Å². The summed E-state index contributed by atoms with van der Waals surface area (Å²) in [6.07, 6.45) is 3.37. The molecule has 24 heavy (non-hydrogen) atoms. The highest BCUT2D eigenvalue weighted by Gasteiger charge is 2.17. The topological polar surface area (TPSA) is 88.4 Å². The number of hydrogen-bond donors (Lipinski definition) is 1. The van der Waals surface area contributed by atoms with Gasteiger partial charge in [0.2, 0.25) is 0 Å². The number of esters is 1. The Morgan fingerprint density at radius 2 is 2.17 bits per heavy atom. The van der Waals surface area contributed by atoms with Gasteiger partial charge >= 0.3 is 5.97 Å². The van der Waals surface area contributed by atoms with Crippen molar-refractivity contribution in [1.29, 1.82) is 5.26 Å². The molecule has 2 rings (SSSR count). The number of carbonyl (C=O) groups excluding carboxylic acids is 2. The van der Waals surface area contributed by atoms with Crippen molar-refractivity contribution < 1.29 is 19.1 Å². The average molecular weight is 328 g/mol. The van der Waals surface area contributed by atoms with E-state index in [0.29, 0.717) is 13.2 Å². The third-order valence-electron chi connectivity index (χ3n) is 3.61. The highest BCUT2D eigenvalue weighted by molar-refractivity contribution is 5.98. The molecular formula is C18H20N2O4. The molecular weight excluding hydrogens is 308 g/mol. The van der Waals surface area contributed by atoms with Crippen LogP contribution in [0.4, 0.5) is 0 Å². The van der Waals surface area contributed by atoms with Gasteiger partial charge in [-0.1, -0.05) is 29.8 Å². The summed E-state index contributed by atoms with van der Waals surface area (Å²) < 4.78 is 10.3. The van der Waals surface area contributed by atoms with Crippen molar-refractivity contribution in [2.45, 2.75) is 25.9 Å². The molecule has 6 nitrogen and oxygen atoms in total. The number of nitrogens with one attached hydrogen (secondary N) is 1. The molecule has 0 aliphatic carbocycles. The van der Waals surface area contributed by atoms with E-state index >= 15 is 0 Å². The maximum atomic E-state index is 11.9. The van der Waals surface area contributed by atoms with Crippen LogP contribution in [0.25, 0.3) is 6.08 Å². The van der Waals surface area contributed by atoms with Gasteiger partial charge < -0.3 is 14.8 Å².